The summed E-state index contributed by atoms with van der Waals surface area (Å²) in [4.78, 5) is 35.0. The van der Waals surface area contributed by atoms with Gasteiger partial charge in [0.1, 0.15) is 5.69 Å². The van der Waals surface area contributed by atoms with Crippen molar-refractivity contribution in [1.29, 1.82) is 0 Å². The lowest BCUT2D eigenvalue weighted by molar-refractivity contribution is -0.384. The highest BCUT2D eigenvalue weighted by molar-refractivity contribution is 5.96. The van der Waals surface area contributed by atoms with Crippen molar-refractivity contribution in [3.63, 3.8) is 0 Å². The van der Waals surface area contributed by atoms with Gasteiger partial charge >= 0.3 is 6.18 Å². The minimum absolute atomic E-state index is 0.00532. The fraction of sp³-hybridized carbons (Fsp3) is 0.176. The maximum atomic E-state index is 13.0. The number of nitrogens with two attached hydrogens (primary N) is 1. The van der Waals surface area contributed by atoms with Crippen molar-refractivity contribution in [2.24, 2.45) is 5.73 Å². The Bertz CT molecular complexity index is 931. The predicted octanol–water partition coefficient (Wildman–Crippen LogP) is 2.79. The van der Waals surface area contributed by atoms with Gasteiger partial charge in [0.05, 0.1) is 22.7 Å². The zero-order valence-corrected chi connectivity index (χ0v) is 14.5. The Labute approximate surface area is 156 Å². The van der Waals surface area contributed by atoms with Gasteiger partial charge in [-0.3, -0.25) is 19.7 Å². The fourth-order valence-corrected chi connectivity index (χ4v) is 2.48. The number of anilines is 2. The Morgan fingerprint density at radius 2 is 1.86 bits per heavy atom. The van der Waals surface area contributed by atoms with Crippen LogP contribution < -0.4 is 16.0 Å². The Morgan fingerprint density at radius 1 is 1.21 bits per heavy atom. The van der Waals surface area contributed by atoms with Gasteiger partial charge in [-0.05, 0) is 24.3 Å². The molecule has 0 aliphatic rings. The van der Waals surface area contributed by atoms with E-state index in [1.54, 1.807) is 0 Å². The van der Waals surface area contributed by atoms with Gasteiger partial charge in [-0.2, -0.15) is 13.2 Å². The fourth-order valence-electron chi connectivity index (χ4n) is 2.48. The second-order valence-corrected chi connectivity index (χ2v) is 5.77. The van der Waals surface area contributed by atoms with Crippen LogP contribution in [0.25, 0.3) is 0 Å². The molecule has 0 saturated heterocycles. The number of primary amides is 1. The molecule has 8 nitrogen and oxygen atoms in total. The number of halogens is 3. The molecule has 0 radical (unpaired) electrons. The van der Waals surface area contributed by atoms with E-state index in [4.69, 9.17) is 5.73 Å². The third-order valence-electron chi connectivity index (χ3n) is 3.76. The molecular formula is C17H15F3N4O4. The van der Waals surface area contributed by atoms with Crippen molar-refractivity contribution in [3.8, 4) is 0 Å². The number of carbonyl (C=O) groups excluding carboxylic acids is 2. The van der Waals surface area contributed by atoms with Gasteiger partial charge in [0, 0.05) is 18.7 Å². The summed E-state index contributed by atoms with van der Waals surface area (Å²) in [5, 5.41) is 13.4. The molecule has 2 rings (SSSR count). The lowest BCUT2D eigenvalue weighted by Crippen LogP contribution is -2.31. The SMILES string of the molecule is CN(CC(=O)Nc1ccccc1C(F)(F)F)c1ccc(C(N)=O)cc1[N+](=O)[O-]. The summed E-state index contributed by atoms with van der Waals surface area (Å²) in [6.45, 7) is -0.469. The molecule has 148 valence electrons. The normalized spacial score (nSPS) is 11.0. The lowest BCUT2D eigenvalue weighted by atomic mass is 10.1. The van der Waals surface area contributed by atoms with Crippen LogP contribution in [0.3, 0.4) is 0 Å². The van der Waals surface area contributed by atoms with Crippen molar-refractivity contribution in [2.75, 3.05) is 23.8 Å². The number of amides is 2. The molecule has 0 atom stereocenters. The number of nitro groups is 1. The topological polar surface area (TPSA) is 119 Å². The van der Waals surface area contributed by atoms with E-state index < -0.39 is 46.4 Å². The summed E-state index contributed by atoms with van der Waals surface area (Å²) in [5.74, 6) is -1.67. The van der Waals surface area contributed by atoms with E-state index in [1.807, 2.05) is 0 Å². The first-order valence-corrected chi connectivity index (χ1v) is 7.76. The van der Waals surface area contributed by atoms with Gasteiger partial charge in [-0.25, -0.2) is 0 Å². The average Bonchev–Trinajstić information content (AvgIpc) is 2.60. The van der Waals surface area contributed by atoms with Crippen LogP contribution in [-0.4, -0.2) is 30.3 Å². The standard InChI is InChI=1S/C17H15F3N4O4/c1-23(13-7-6-10(16(21)26)8-14(13)24(27)28)9-15(25)22-12-5-3-2-4-11(12)17(18,19)20/h2-8H,9H2,1H3,(H2,21,26)(H,22,25). The number of hydrogen-bond acceptors (Lipinski definition) is 5. The molecule has 0 spiro atoms. The van der Waals surface area contributed by atoms with E-state index in [-0.39, 0.29) is 11.3 Å². The number of benzene rings is 2. The van der Waals surface area contributed by atoms with Crippen LogP contribution in [0.5, 0.6) is 0 Å². The molecule has 0 aliphatic heterocycles. The molecule has 0 aliphatic carbocycles. The van der Waals surface area contributed by atoms with Crippen molar-refractivity contribution >= 4 is 28.9 Å². The first-order chi connectivity index (χ1) is 13.0. The minimum Gasteiger partial charge on any atom is -0.366 e. The Morgan fingerprint density at radius 3 is 2.43 bits per heavy atom. The van der Waals surface area contributed by atoms with Crippen LogP contribution in [0.1, 0.15) is 15.9 Å². The Hall–Kier alpha value is -3.63. The number of rotatable bonds is 6. The molecule has 2 aromatic carbocycles. The van der Waals surface area contributed by atoms with Gasteiger partial charge in [0.15, 0.2) is 0 Å². The first-order valence-electron chi connectivity index (χ1n) is 7.76. The smallest absolute Gasteiger partial charge is 0.366 e. The number of likely N-dealkylation sites (N-methyl/N-ethyl adjacent to an activating group) is 1. The largest absolute Gasteiger partial charge is 0.418 e. The van der Waals surface area contributed by atoms with Crippen LogP contribution in [0.4, 0.5) is 30.2 Å². The molecule has 0 heterocycles. The van der Waals surface area contributed by atoms with Crippen LogP contribution in [-0.2, 0) is 11.0 Å². The summed E-state index contributed by atoms with van der Waals surface area (Å²) >= 11 is 0. The van der Waals surface area contributed by atoms with Crippen molar-refractivity contribution in [3.05, 3.63) is 63.7 Å². The van der Waals surface area contributed by atoms with E-state index in [2.05, 4.69) is 5.32 Å². The second-order valence-electron chi connectivity index (χ2n) is 5.77. The molecular weight excluding hydrogens is 381 g/mol. The number of nitrogens with one attached hydrogen (secondary N) is 1. The maximum Gasteiger partial charge on any atom is 0.418 e. The molecule has 11 heteroatoms. The zero-order valence-electron chi connectivity index (χ0n) is 14.5. The molecule has 0 bridgehead atoms. The first kappa shape index (κ1) is 20.7. The van der Waals surface area contributed by atoms with Crippen LogP contribution >= 0.6 is 0 Å². The number of para-hydroxylation sites is 1. The maximum absolute atomic E-state index is 13.0. The summed E-state index contributed by atoms with van der Waals surface area (Å²) in [6.07, 6.45) is -4.65. The highest BCUT2D eigenvalue weighted by Gasteiger charge is 2.33. The van der Waals surface area contributed by atoms with Gasteiger partial charge < -0.3 is 16.0 Å². The quantitative estimate of drug-likeness (QED) is 0.575. The van der Waals surface area contributed by atoms with Crippen LogP contribution in [0, 0.1) is 10.1 Å². The van der Waals surface area contributed by atoms with E-state index in [9.17, 15) is 32.9 Å². The van der Waals surface area contributed by atoms with Crippen LogP contribution in [0.15, 0.2) is 42.5 Å². The van der Waals surface area contributed by atoms with Crippen molar-refractivity contribution in [2.45, 2.75) is 6.18 Å². The van der Waals surface area contributed by atoms with Gasteiger partial charge in [-0.15, -0.1) is 0 Å². The number of nitro benzene ring substituents is 1. The lowest BCUT2D eigenvalue weighted by Gasteiger charge is -2.20. The highest BCUT2D eigenvalue weighted by atomic mass is 19.4. The van der Waals surface area contributed by atoms with Crippen LogP contribution in [0.2, 0.25) is 0 Å². The Balaban J connectivity index is 2.22. The minimum atomic E-state index is -4.65. The summed E-state index contributed by atoms with van der Waals surface area (Å²) in [6, 6.07) is 7.89. The van der Waals surface area contributed by atoms with E-state index in [0.29, 0.717) is 0 Å². The summed E-state index contributed by atoms with van der Waals surface area (Å²) in [7, 11) is 1.35. The predicted molar refractivity (Wildman–Crippen MR) is 95.0 cm³/mol. The number of alkyl halides is 3. The average molecular weight is 396 g/mol. The van der Waals surface area contributed by atoms with E-state index >= 15 is 0 Å². The number of carbonyl (C=O) groups is 2. The third-order valence-corrected chi connectivity index (χ3v) is 3.76. The highest BCUT2D eigenvalue weighted by Crippen LogP contribution is 2.34. The van der Waals surface area contributed by atoms with Crippen molar-refractivity contribution < 1.29 is 27.7 Å². The number of hydrogen-bond donors (Lipinski definition) is 2. The second kappa shape index (κ2) is 7.94. The molecule has 3 N–H and O–H groups in total. The third kappa shape index (κ3) is 4.75. The summed E-state index contributed by atoms with van der Waals surface area (Å²) < 4.78 is 39.0. The molecule has 0 saturated carbocycles. The monoisotopic (exact) mass is 396 g/mol. The van der Waals surface area contributed by atoms with Gasteiger partial charge in [0.25, 0.3) is 5.69 Å². The van der Waals surface area contributed by atoms with Gasteiger partial charge in [0.2, 0.25) is 11.8 Å². The molecule has 0 aromatic heterocycles. The molecule has 0 unspecified atom stereocenters. The van der Waals surface area contributed by atoms with Crippen molar-refractivity contribution in [1.82, 2.24) is 0 Å². The molecule has 2 amide bonds. The van der Waals surface area contributed by atoms with E-state index in [0.717, 1.165) is 18.2 Å². The summed E-state index contributed by atoms with van der Waals surface area (Å²) in [5.41, 5.74) is 3.09. The molecule has 0 fully saturated rings. The zero-order chi connectivity index (χ0) is 21.1. The molecule has 2 aromatic rings. The number of nitrogens with zero attached hydrogens (tertiary/aromatic N) is 2. The Kier molecular flexibility index (Phi) is 5.87. The van der Waals surface area contributed by atoms with Gasteiger partial charge in [-0.1, -0.05) is 12.1 Å². The molecule has 28 heavy (non-hydrogen) atoms. The van der Waals surface area contributed by atoms with E-state index in [1.165, 1.54) is 36.2 Å².